The molecule has 3 rings (SSSR count). The molecule has 3 aromatic rings. The van der Waals surface area contributed by atoms with E-state index in [2.05, 4.69) is 4.74 Å². The van der Waals surface area contributed by atoms with E-state index in [1.54, 1.807) is 23.5 Å². The molecule has 2 heterocycles. The van der Waals surface area contributed by atoms with Crippen LogP contribution in [0.25, 0.3) is 10.3 Å². The van der Waals surface area contributed by atoms with E-state index in [-0.39, 0.29) is 11.1 Å². The van der Waals surface area contributed by atoms with Gasteiger partial charge in [0.15, 0.2) is 5.58 Å². The molecule has 0 spiro atoms. The molecule has 0 fully saturated rings. The van der Waals surface area contributed by atoms with Crippen LogP contribution >= 0.6 is 23.3 Å². The van der Waals surface area contributed by atoms with E-state index in [1.807, 2.05) is 0 Å². The first-order valence-corrected chi connectivity index (χ1v) is 9.03. The van der Waals surface area contributed by atoms with Gasteiger partial charge in [0.25, 0.3) is 0 Å². The number of fused-ring (bicyclic) bond motifs is 1. The third kappa shape index (κ3) is 4.11. The molecule has 0 aliphatic rings. The lowest BCUT2D eigenvalue weighted by atomic mass is 10.2. The van der Waals surface area contributed by atoms with Gasteiger partial charge < -0.3 is 13.5 Å². The number of hydrogen-bond acceptors (Lipinski definition) is 7. The third-order valence-corrected chi connectivity index (χ3v) is 5.72. The Morgan fingerprint density at radius 3 is 2.67 bits per heavy atom. The van der Waals surface area contributed by atoms with Gasteiger partial charge in [0.1, 0.15) is 10.6 Å². The van der Waals surface area contributed by atoms with Gasteiger partial charge in [-0.05, 0) is 36.2 Å². The van der Waals surface area contributed by atoms with Gasteiger partial charge >= 0.3 is 17.8 Å². The summed E-state index contributed by atoms with van der Waals surface area (Å²) < 4.78 is 50.4. The SMILES string of the molecule is COC(=O)c1cc2sc(N(C)Sc3cccc(C(F)(F)F)c3)cc2oc1=O. The topological polar surface area (TPSA) is 59.8 Å². The molecule has 142 valence electrons. The van der Waals surface area contributed by atoms with E-state index in [0.717, 1.165) is 31.2 Å². The Hall–Kier alpha value is -2.46. The highest BCUT2D eigenvalue weighted by atomic mass is 32.2. The summed E-state index contributed by atoms with van der Waals surface area (Å²) in [6.45, 7) is 0. The molecule has 0 saturated heterocycles. The summed E-state index contributed by atoms with van der Waals surface area (Å²) in [5.41, 5.74) is -1.48. The molecule has 0 amide bonds. The first kappa shape index (κ1) is 19.3. The number of hydrogen-bond donors (Lipinski definition) is 0. The molecule has 1 aromatic carbocycles. The van der Waals surface area contributed by atoms with Crippen LogP contribution in [0, 0.1) is 0 Å². The maximum absolute atomic E-state index is 12.8. The second-order valence-corrected chi connectivity index (χ2v) is 7.63. The number of carbonyl (C=O) groups is 1. The summed E-state index contributed by atoms with van der Waals surface area (Å²) in [4.78, 5) is 23.8. The Morgan fingerprint density at radius 1 is 1.26 bits per heavy atom. The van der Waals surface area contributed by atoms with Crippen LogP contribution < -0.4 is 9.93 Å². The molecule has 0 bridgehead atoms. The lowest BCUT2D eigenvalue weighted by molar-refractivity contribution is -0.137. The molecule has 0 unspecified atom stereocenters. The summed E-state index contributed by atoms with van der Waals surface area (Å²) in [6, 6.07) is 7.94. The van der Waals surface area contributed by atoms with Crippen LogP contribution in [-0.2, 0) is 10.9 Å². The zero-order chi connectivity index (χ0) is 19.8. The fraction of sp³-hybridized carbons (Fsp3) is 0.176. The van der Waals surface area contributed by atoms with Crippen molar-refractivity contribution in [3.63, 3.8) is 0 Å². The molecule has 0 saturated carbocycles. The van der Waals surface area contributed by atoms with Crippen molar-refractivity contribution in [3.05, 3.63) is 57.9 Å². The van der Waals surface area contributed by atoms with E-state index in [4.69, 9.17) is 4.42 Å². The van der Waals surface area contributed by atoms with E-state index in [9.17, 15) is 22.8 Å². The van der Waals surface area contributed by atoms with Gasteiger partial charge in [0, 0.05) is 18.0 Å². The predicted octanol–water partition coefficient (Wildman–Crippen LogP) is 4.80. The van der Waals surface area contributed by atoms with Crippen LogP contribution in [0.2, 0.25) is 0 Å². The van der Waals surface area contributed by atoms with Gasteiger partial charge in [0.05, 0.1) is 17.4 Å². The summed E-state index contributed by atoms with van der Waals surface area (Å²) in [5.74, 6) is -0.799. The highest BCUT2D eigenvalue weighted by molar-refractivity contribution is 8.00. The lowest BCUT2D eigenvalue weighted by Gasteiger charge is -2.16. The number of rotatable bonds is 4. The quantitative estimate of drug-likeness (QED) is 0.451. The highest BCUT2D eigenvalue weighted by Crippen LogP contribution is 2.38. The number of halogens is 3. The van der Waals surface area contributed by atoms with Crippen molar-refractivity contribution >= 4 is 44.5 Å². The molecule has 27 heavy (non-hydrogen) atoms. The van der Waals surface area contributed by atoms with Crippen molar-refractivity contribution in [1.82, 2.24) is 0 Å². The Labute approximate surface area is 159 Å². The summed E-state index contributed by atoms with van der Waals surface area (Å²) in [7, 11) is 2.83. The maximum Gasteiger partial charge on any atom is 0.416 e. The smallest absolute Gasteiger partial charge is 0.416 e. The first-order valence-electron chi connectivity index (χ1n) is 7.44. The maximum atomic E-state index is 12.8. The summed E-state index contributed by atoms with van der Waals surface area (Å²) in [5, 5.41) is 0.637. The van der Waals surface area contributed by atoms with Crippen LogP contribution in [0.3, 0.4) is 0 Å². The number of nitrogens with zero attached hydrogens (tertiary/aromatic N) is 1. The van der Waals surface area contributed by atoms with E-state index >= 15 is 0 Å². The van der Waals surface area contributed by atoms with E-state index < -0.39 is 23.3 Å². The lowest BCUT2D eigenvalue weighted by Crippen LogP contribution is -2.14. The average molecular weight is 415 g/mol. The second-order valence-electron chi connectivity index (χ2n) is 5.37. The standard InChI is InChI=1S/C17H12F3NO4S2/c1-21(27-10-5-3-4-9(6-10)17(18,19)20)14-8-12-13(26-14)7-11(15(22)24-2)16(23)25-12/h3-8H,1-2H3. The summed E-state index contributed by atoms with van der Waals surface area (Å²) in [6.07, 6.45) is -4.42. The molecule has 0 aliphatic carbocycles. The van der Waals surface area contributed by atoms with Crippen molar-refractivity contribution in [3.8, 4) is 0 Å². The molecular weight excluding hydrogens is 403 g/mol. The minimum absolute atomic E-state index is 0.216. The van der Waals surface area contributed by atoms with Crippen LogP contribution in [0.5, 0.6) is 0 Å². The summed E-state index contributed by atoms with van der Waals surface area (Å²) >= 11 is 2.32. The van der Waals surface area contributed by atoms with Gasteiger partial charge in [-0.25, -0.2) is 9.59 Å². The number of alkyl halides is 3. The van der Waals surface area contributed by atoms with Gasteiger partial charge in [-0.1, -0.05) is 6.07 Å². The van der Waals surface area contributed by atoms with Crippen LogP contribution in [0.4, 0.5) is 18.2 Å². The van der Waals surface area contributed by atoms with Gasteiger partial charge in [-0.3, -0.25) is 0 Å². The minimum atomic E-state index is -4.42. The molecule has 10 heteroatoms. The van der Waals surface area contributed by atoms with Crippen molar-refractivity contribution in [2.75, 3.05) is 18.5 Å². The number of ether oxygens (including phenoxy) is 1. The molecule has 0 N–H and O–H groups in total. The number of carbonyl (C=O) groups excluding carboxylic acids is 1. The zero-order valence-electron chi connectivity index (χ0n) is 14.0. The average Bonchev–Trinajstić information content (AvgIpc) is 3.02. The predicted molar refractivity (Wildman–Crippen MR) is 97.4 cm³/mol. The van der Waals surface area contributed by atoms with Crippen molar-refractivity contribution in [1.29, 1.82) is 0 Å². The number of methoxy groups -OCH3 is 1. The Morgan fingerprint density at radius 2 is 2.00 bits per heavy atom. The van der Waals surface area contributed by atoms with Gasteiger partial charge in [-0.2, -0.15) is 13.2 Å². The number of esters is 1. The fourth-order valence-corrected chi connectivity index (χ4v) is 4.14. The molecule has 0 atom stereocenters. The van der Waals surface area contributed by atoms with Crippen molar-refractivity contribution in [2.24, 2.45) is 0 Å². The van der Waals surface area contributed by atoms with Gasteiger partial charge in [0.2, 0.25) is 0 Å². The Balaban J connectivity index is 1.89. The zero-order valence-corrected chi connectivity index (χ0v) is 15.6. The second kappa shape index (κ2) is 7.28. The normalized spacial score (nSPS) is 11.6. The van der Waals surface area contributed by atoms with E-state index in [1.165, 1.54) is 23.5 Å². The van der Waals surface area contributed by atoms with Crippen LogP contribution in [0.15, 0.2) is 50.5 Å². The van der Waals surface area contributed by atoms with Crippen molar-refractivity contribution < 1.29 is 27.1 Å². The number of thiophene rings is 1. The molecule has 0 radical (unpaired) electrons. The van der Waals surface area contributed by atoms with Crippen LogP contribution in [-0.4, -0.2) is 20.1 Å². The molecule has 2 aromatic heterocycles. The molecular formula is C17H12F3NO4S2. The molecule has 5 nitrogen and oxygen atoms in total. The number of anilines is 1. The van der Waals surface area contributed by atoms with Crippen molar-refractivity contribution in [2.45, 2.75) is 11.1 Å². The minimum Gasteiger partial charge on any atom is -0.465 e. The van der Waals surface area contributed by atoms with E-state index in [0.29, 0.717) is 14.6 Å². The van der Waals surface area contributed by atoms with Crippen LogP contribution in [0.1, 0.15) is 15.9 Å². The third-order valence-electron chi connectivity index (χ3n) is 3.53. The largest absolute Gasteiger partial charge is 0.465 e. The Kier molecular flexibility index (Phi) is 5.20. The highest BCUT2D eigenvalue weighted by Gasteiger charge is 2.30. The first-order chi connectivity index (χ1) is 12.7. The monoisotopic (exact) mass is 415 g/mol. The van der Waals surface area contributed by atoms with Gasteiger partial charge in [-0.15, -0.1) is 11.3 Å². The Bertz CT molecular complexity index is 1060. The number of benzene rings is 1. The molecule has 0 aliphatic heterocycles. The fourth-order valence-electron chi connectivity index (χ4n) is 2.24.